The van der Waals surface area contributed by atoms with Crippen LogP contribution in [0.5, 0.6) is 0 Å². The molecule has 0 aliphatic carbocycles. The maximum atomic E-state index is 5.15. The summed E-state index contributed by atoms with van der Waals surface area (Å²) >= 11 is 5.15. The maximum Gasteiger partial charge on any atom is 0.0610 e. The fraction of sp³-hybridized carbons (Fsp3) is 0.333. The van der Waals surface area contributed by atoms with Crippen molar-refractivity contribution in [3.8, 4) is 0 Å². The van der Waals surface area contributed by atoms with Gasteiger partial charge in [-0.2, -0.15) is 0 Å². The van der Waals surface area contributed by atoms with Crippen LogP contribution < -0.4 is 4.90 Å². The lowest BCUT2D eigenvalue weighted by Crippen LogP contribution is -2.15. The lowest BCUT2D eigenvalue weighted by Gasteiger charge is -2.17. The highest BCUT2D eigenvalue weighted by Crippen LogP contribution is 2.21. The molecule has 0 saturated carbocycles. The minimum atomic E-state index is 0.928. The van der Waals surface area contributed by atoms with Crippen LogP contribution in [0, 0.1) is 0 Å². The van der Waals surface area contributed by atoms with Crippen LogP contribution in [0.15, 0.2) is 29.2 Å². The van der Waals surface area contributed by atoms with Gasteiger partial charge in [0.1, 0.15) is 0 Å². The molecule has 59 valence electrons. The van der Waals surface area contributed by atoms with Gasteiger partial charge >= 0.3 is 0 Å². The Morgan fingerprint density at radius 3 is 2.55 bits per heavy atom. The topological polar surface area (TPSA) is 3.24 Å². The summed E-state index contributed by atoms with van der Waals surface area (Å²) in [6, 6.07) is 7.98. The monoisotopic (exact) mass is 166 g/mol. The molecule has 0 heterocycles. The number of benzene rings is 1. The van der Waals surface area contributed by atoms with Crippen molar-refractivity contribution in [3.05, 3.63) is 24.3 Å². The largest absolute Gasteiger partial charge is 0.374 e. The maximum absolute atomic E-state index is 5.15. The number of rotatable bonds is 2. The summed E-state index contributed by atoms with van der Waals surface area (Å²) < 4.78 is 0. The van der Waals surface area contributed by atoms with E-state index in [-0.39, 0.29) is 0 Å². The molecular formula is C9H12NS. The van der Waals surface area contributed by atoms with Crippen molar-refractivity contribution in [2.45, 2.75) is 11.8 Å². The van der Waals surface area contributed by atoms with E-state index in [1.165, 1.54) is 0 Å². The van der Waals surface area contributed by atoms with Crippen molar-refractivity contribution in [2.24, 2.45) is 0 Å². The molecule has 0 saturated heterocycles. The molecule has 11 heavy (non-hydrogen) atoms. The Balaban J connectivity index is 2.93. The molecule has 0 bridgehead atoms. The molecule has 1 nitrogen and oxygen atoms in total. The van der Waals surface area contributed by atoms with E-state index in [9.17, 15) is 0 Å². The summed E-state index contributed by atoms with van der Waals surface area (Å²) in [7, 11) is 2.05. The van der Waals surface area contributed by atoms with Crippen LogP contribution >= 0.6 is 12.6 Å². The first-order valence-electron chi connectivity index (χ1n) is 3.73. The third-order valence-electron chi connectivity index (χ3n) is 1.75. The van der Waals surface area contributed by atoms with E-state index in [0.717, 1.165) is 17.1 Å². The Morgan fingerprint density at radius 2 is 2.00 bits per heavy atom. The van der Waals surface area contributed by atoms with Crippen LogP contribution in [-0.4, -0.2) is 13.6 Å². The van der Waals surface area contributed by atoms with E-state index < -0.39 is 0 Å². The molecule has 0 aliphatic heterocycles. The van der Waals surface area contributed by atoms with Crippen LogP contribution in [0.2, 0.25) is 0 Å². The van der Waals surface area contributed by atoms with E-state index >= 15 is 0 Å². The van der Waals surface area contributed by atoms with Crippen LogP contribution in [0.25, 0.3) is 0 Å². The lowest BCUT2D eigenvalue weighted by molar-refractivity contribution is 0.953. The summed E-state index contributed by atoms with van der Waals surface area (Å²) in [5.74, 6) is 0. The summed E-state index contributed by atoms with van der Waals surface area (Å²) in [5.41, 5.74) is 1.14. The molecule has 1 aromatic rings. The van der Waals surface area contributed by atoms with Crippen LogP contribution in [0.4, 0.5) is 5.69 Å². The highest BCUT2D eigenvalue weighted by Gasteiger charge is 2.00. The smallest absolute Gasteiger partial charge is 0.0610 e. The summed E-state index contributed by atoms with van der Waals surface area (Å²) in [5, 5.41) is 0. The van der Waals surface area contributed by atoms with Gasteiger partial charge in [-0.1, -0.05) is 24.8 Å². The first-order chi connectivity index (χ1) is 5.25. The van der Waals surface area contributed by atoms with Crippen molar-refractivity contribution in [2.75, 3.05) is 18.5 Å². The van der Waals surface area contributed by atoms with Gasteiger partial charge in [-0.05, 0) is 19.1 Å². The summed E-state index contributed by atoms with van der Waals surface area (Å²) in [4.78, 5) is 3.07. The van der Waals surface area contributed by atoms with Gasteiger partial charge in [-0.25, -0.2) is 0 Å². The first kappa shape index (κ1) is 8.34. The quantitative estimate of drug-likeness (QED) is 0.653. The van der Waals surface area contributed by atoms with Gasteiger partial charge in [0.25, 0.3) is 0 Å². The van der Waals surface area contributed by atoms with Crippen molar-refractivity contribution in [1.82, 2.24) is 0 Å². The third-order valence-corrected chi connectivity index (χ3v) is 2.10. The standard InChI is InChI=1S/C9H12NS/c1-3-10(2)8-6-4-5-7-9(8)11/h4-7H,3H2,1-2H3. The molecular weight excluding hydrogens is 154 g/mol. The van der Waals surface area contributed by atoms with E-state index in [1.54, 1.807) is 0 Å². The zero-order valence-electron chi connectivity index (χ0n) is 6.87. The Labute approximate surface area is 73.4 Å². The van der Waals surface area contributed by atoms with Gasteiger partial charge in [0.05, 0.1) is 10.6 Å². The molecule has 0 fully saturated rings. The molecule has 0 spiro atoms. The number of anilines is 1. The average molecular weight is 166 g/mol. The number of hydrogen-bond donors (Lipinski definition) is 0. The molecule has 1 rings (SSSR count). The Morgan fingerprint density at radius 1 is 1.36 bits per heavy atom. The second-order valence-electron chi connectivity index (χ2n) is 2.48. The fourth-order valence-corrected chi connectivity index (χ4v) is 1.25. The molecule has 1 radical (unpaired) electrons. The van der Waals surface area contributed by atoms with Gasteiger partial charge < -0.3 is 4.90 Å². The van der Waals surface area contributed by atoms with Crippen molar-refractivity contribution >= 4 is 18.3 Å². The normalized spacial score (nSPS) is 9.64. The third kappa shape index (κ3) is 1.84. The summed E-state index contributed by atoms with van der Waals surface area (Å²) in [6.07, 6.45) is 0. The van der Waals surface area contributed by atoms with Gasteiger partial charge in [0.15, 0.2) is 0 Å². The zero-order valence-corrected chi connectivity index (χ0v) is 7.69. The highest BCUT2D eigenvalue weighted by atomic mass is 32.1. The van der Waals surface area contributed by atoms with E-state index in [0.29, 0.717) is 0 Å². The highest BCUT2D eigenvalue weighted by molar-refractivity contribution is 7.80. The van der Waals surface area contributed by atoms with Gasteiger partial charge in [-0.3, -0.25) is 0 Å². The molecule has 0 atom stereocenters. The van der Waals surface area contributed by atoms with Crippen LogP contribution in [0.1, 0.15) is 6.92 Å². The molecule has 1 aromatic carbocycles. The Kier molecular flexibility index (Phi) is 2.71. The van der Waals surface area contributed by atoms with Gasteiger partial charge in [-0.15, -0.1) is 0 Å². The Hall–Kier alpha value is -0.760. The van der Waals surface area contributed by atoms with Crippen LogP contribution in [-0.2, 0) is 0 Å². The number of nitrogens with zero attached hydrogens (tertiary/aromatic N) is 1. The second-order valence-corrected chi connectivity index (χ2v) is 2.92. The molecule has 0 N–H and O–H groups in total. The molecule has 0 amide bonds. The SMILES string of the molecule is CCN(C)c1ccccc1[S]. The second kappa shape index (κ2) is 3.58. The molecule has 0 aliphatic rings. The Bertz CT molecular complexity index is 235. The zero-order chi connectivity index (χ0) is 8.27. The summed E-state index contributed by atoms with van der Waals surface area (Å²) in [6.45, 7) is 3.11. The average Bonchev–Trinajstić information content (AvgIpc) is 2.04. The van der Waals surface area contributed by atoms with Crippen molar-refractivity contribution in [1.29, 1.82) is 0 Å². The molecule has 0 aromatic heterocycles. The van der Waals surface area contributed by atoms with E-state index in [1.807, 2.05) is 31.3 Å². The predicted octanol–water partition coefficient (Wildman–Crippen LogP) is 2.70. The minimum Gasteiger partial charge on any atom is -0.374 e. The fourth-order valence-electron chi connectivity index (χ4n) is 0.943. The van der Waals surface area contributed by atoms with Gasteiger partial charge in [0.2, 0.25) is 0 Å². The van der Waals surface area contributed by atoms with E-state index in [2.05, 4.69) is 11.8 Å². The van der Waals surface area contributed by atoms with Crippen molar-refractivity contribution < 1.29 is 0 Å². The van der Waals surface area contributed by atoms with Crippen LogP contribution in [0.3, 0.4) is 0 Å². The van der Waals surface area contributed by atoms with Gasteiger partial charge in [0, 0.05) is 13.6 Å². The van der Waals surface area contributed by atoms with E-state index in [4.69, 9.17) is 12.6 Å². The van der Waals surface area contributed by atoms with Crippen molar-refractivity contribution in [3.63, 3.8) is 0 Å². The number of para-hydroxylation sites is 1. The lowest BCUT2D eigenvalue weighted by atomic mass is 10.3. The first-order valence-corrected chi connectivity index (χ1v) is 4.13. The molecule has 2 heteroatoms. The number of hydrogen-bond acceptors (Lipinski definition) is 1. The predicted molar refractivity (Wildman–Crippen MR) is 51.2 cm³/mol. The molecule has 0 unspecified atom stereocenters. The minimum absolute atomic E-state index is 0.928.